The molecule has 1 aromatic heterocycles. The van der Waals surface area contributed by atoms with Gasteiger partial charge < -0.3 is 10.2 Å². The zero-order valence-electron chi connectivity index (χ0n) is 11.0. The fraction of sp³-hybridized carbons (Fsp3) is 0.308. The smallest absolute Gasteiger partial charge is 0.358 e. The first-order valence-electron chi connectivity index (χ1n) is 6.38. The maximum absolute atomic E-state index is 13.2. The van der Waals surface area contributed by atoms with Crippen LogP contribution in [0.1, 0.15) is 22.1 Å². The molecule has 2 aromatic rings. The molecule has 1 saturated heterocycles. The van der Waals surface area contributed by atoms with Crippen molar-refractivity contribution in [1.29, 1.82) is 0 Å². The first kappa shape index (κ1) is 13.5. The lowest BCUT2D eigenvalue weighted by Crippen LogP contribution is -2.47. The fourth-order valence-corrected chi connectivity index (χ4v) is 2.30. The third-order valence-electron chi connectivity index (χ3n) is 3.46. The van der Waals surface area contributed by atoms with Crippen LogP contribution in [-0.4, -0.2) is 49.2 Å². The van der Waals surface area contributed by atoms with Gasteiger partial charge in [-0.15, -0.1) is 5.10 Å². The molecule has 7 nitrogen and oxygen atoms in total. The van der Waals surface area contributed by atoms with Crippen LogP contribution >= 0.6 is 0 Å². The first-order valence-corrected chi connectivity index (χ1v) is 6.38. The largest absolute Gasteiger partial charge is 0.505 e. The third kappa shape index (κ3) is 2.70. The van der Waals surface area contributed by atoms with Gasteiger partial charge in [0.1, 0.15) is 0 Å². The van der Waals surface area contributed by atoms with Crippen LogP contribution in [0.2, 0.25) is 0 Å². The van der Waals surface area contributed by atoms with E-state index in [1.807, 2.05) is 0 Å². The van der Waals surface area contributed by atoms with Gasteiger partial charge in [-0.05, 0) is 17.7 Å². The van der Waals surface area contributed by atoms with Gasteiger partial charge in [-0.2, -0.15) is 0 Å². The van der Waals surface area contributed by atoms with Crippen LogP contribution in [0, 0.1) is 5.82 Å². The molecule has 110 valence electrons. The van der Waals surface area contributed by atoms with E-state index in [0.717, 1.165) is 5.56 Å². The van der Waals surface area contributed by atoms with Crippen molar-refractivity contribution in [3.05, 3.63) is 41.5 Å². The van der Waals surface area contributed by atoms with Crippen molar-refractivity contribution < 1.29 is 19.4 Å². The van der Waals surface area contributed by atoms with E-state index in [1.165, 1.54) is 23.0 Å². The monoisotopic (exact) mass is 292 g/mol. The molecule has 21 heavy (non-hydrogen) atoms. The Labute approximate surface area is 119 Å². The number of phenols is 1. The molecule has 1 fully saturated rings. The number of carbonyl (C=O) groups is 1. The maximum atomic E-state index is 13.2. The number of carboxylic acids is 1. The Hall–Kier alpha value is -2.48. The molecule has 8 heteroatoms. The minimum absolute atomic E-state index is 0.0749. The van der Waals surface area contributed by atoms with Gasteiger partial charge >= 0.3 is 5.97 Å². The van der Waals surface area contributed by atoms with Crippen LogP contribution in [-0.2, 0) is 6.54 Å². The first-order chi connectivity index (χ1) is 10.0. The number of halogens is 1. The summed E-state index contributed by atoms with van der Waals surface area (Å²) >= 11 is 0. The predicted octanol–water partition coefficient (Wildman–Crippen LogP) is 0.878. The molecule has 1 aliphatic rings. The third-order valence-corrected chi connectivity index (χ3v) is 3.46. The van der Waals surface area contributed by atoms with E-state index in [1.54, 1.807) is 6.07 Å². The number of hydrogen-bond acceptors (Lipinski definition) is 5. The Morgan fingerprint density at radius 1 is 1.43 bits per heavy atom. The number of aromatic nitrogens is 3. The lowest BCUT2D eigenvalue weighted by Gasteiger charge is -2.38. The summed E-state index contributed by atoms with van der Waals surface area (Å²) in [6.45, 7) is 1.93. The average Bonchev–Trinajstić information content (AvgIpc) is 2.87. The molecule has 0 unspecified atom stereocenters. The highest BCUT2D eigenvalue weighted by Gasteiger charge is 2.29. The molecular formula is C13H13FN4O3. The van der Waals surface area contributed by atoms with E-state index in [4.69, 9.17) is 10.2 Å². The number of hydrogen-bond donors (Lipinski definition) is 2. The van der Waals surface area contributed by atoms with Gasteiger partial charge in [0.15, 0.2) is 17.3 Å². The quantitative estimate of drug-likeness (QED) is 0.869. The molecule has 0 atom stereocenters. The fourth-order valence-electron chi connectivity index (χ4n) is 2.30. The summed E-state index contributed by atoms with van der Waals surface area (Å²) < 4.78 is 14.8. The molecule has 0 spiro atoms. The molecule has 0 amide bonds. The summed E-state index contributed by atoms with van der Waals surface area (Å²) in [5.41, 5.74) is 0.697. The van der Waals surface area contributed by atoms with Crippen LogP contribution in [0.3, 0.4) is 0 Å². The number of likely N-dealkylation sites (tertiary alicyclic amines) is 1. The average molecular weight is 292 g/mol. The van der Waals surface area contributed by atoms with Gasteiger partial charge in [-0.1, -0.05) is 11.3 Å². The highest BCUT2D eigenvalue weighted by molar-refractivity contribution is 5.84. The van der Waals surface area contributed by atoms with Crippen molar-refractivity contribution in [3.63, 3.8) is 0 Å². The Morgan fingerprint density at radius 2 is 2.19 bits per heavy atom. The molecule has 2 heterocycles. The number of benzene rings is 1. The SMILES string of the molecule is O=C(O)c1cn(C2CN(Cc3ccc(O)c(F)c3)C2)nn1. The lowest BCUT2D eigenvalue weighted by atomic mass is 10.1. The number of aromatic carboxylic acids is 1. The van der Waals surface area contributed by atoms with Crippen molar-refractivity contribution >= 4 is 5.97 Å². The zero-order chi connectivity index (χ0) is 15.0. The Morgan fingerprint density at radius 3 is 2.81 bits per heavy atom. The van der Waals surface area contributed by atoms with Gasteiger partial charge in [-0.25, -0.2) is 13.9 Å². The van der Waals surface area contributed by atoms with Crippen molar-refractivity contribution in [3.8, 4) is 5.75 Å². The molecule has 0 radical (unpaired) electrons. The molecular weight excluding hydrogens is 279 g/mol. The van der Waals surface area contributed by atoms with E-state index < -0.39 is 11.8 Å². The lowest BCUT2D eigenvalue weighted by molar-refractivity contribution is 0.0690. The van der Waals surface area contributed by atoms with Gasteiger partial charge in [0.25, 0.3) is 0 Å². The second-order valence-corrected chi connectivity index (χ2v) is 5.02. The maximum Gasteiger partial charge on any atom is 0.358 e. The number of carboxylic acid groups (broad SMARTS) is 1. The summed E-state index contributed by atoms with van der Waals surface area (Å²) in [6, 6.07) is 4.38. The topological polar surface area (TPSA) is 91.5 Å². The Balaban J connectivity index is 1.57. The summed E-state index contributed by atoms with van der Waals surface area (Å²) in [5.74, 6) is -2.09. The highest BCUT2D eigenvalue weighted by atomic mass is 19.1. The summed E-state index contributed by atoms with van der Waals surface area (Å²) in [7, 11) is 0. The Bertz CT molecular complexity index is 682. The molecule has 1 aliphatic heterocycles. The van der Waals surface area contributed by atoms with Crippen molar-refractivity contribution in [1.82, 2.24) is 19.9 Å². The van der Waals surface area contributed by atoms with E-state index in [-0.39, 0.29) is 17.5 Å². The molecule has 1 aromatic carbocycles. The molecule has 3 rings (SSSR count). The minimum Gasteiger partial charge on any atom is -0.505 e. The van der Waals surface area contributed by atoms with Gasteiger partial charge in [-0.3, -0.25) is 4.90 Å². The second-order valence-electron chi connectivity index (χ2n) is 5.02. The molecule has 0 aliphatic carbocycles. The highest BCUT2D eigenvalue weighted by Crippen LogP contribution is 2.24. The van der Waals surface area contributed by atoms with E-state index in [2.05, 4.69) is 15.2 Å². The zero-order valence-corrected chi connectivity index (χ0v) is 11.0. The number of rotatable bonds is 4. The van der Waals surface area contributed by atoms with Crippen LogP contribution in [0.5, 0.6) is 5.75 Å². The van der Waals surface area contributed by atoms with Gasteiger partial charge in [0.2, 0.25) is 0 Å². The van der Waals surface area contributed by atoms with Crippen LogP contribution in [0.25, 0.3) is 0 Å². The van der Waals surface area contributed by atoms with Crippen LogP contribution in [0.15, 0.2) is 24.4 Å². The normalized spacial score (nSPS) is 15.9. The molecule has 0 bridgehead atoms. The molecule has 0 saturated carbocycles. The van der Waals surface area contributed by atoms with E-state index in [0.29, 0.717) is 19.6 Å². The predicted molar refractivity (Wildman–Crippen MR) is 69.4 cm³/mol. The van der Waals surface area contributed by atoms with Gasteiger partial charge in [0.05, 0.1) is 12.2 Å². The Kier molecular flexibility index (Phi) is 3.30. The van der Waals surface area contributed by atoms with Crippen LogP contribution in [0.4, 0.5) is 4.39 Å². The second kappa shape index (κ2) is 5.13. The van der Waals surface area contributed by atoms with Crippen LogP contribution < -0.4 is 0 Å². The minimum atomic E-state index is -1.10. The van der Waals surface area contributed by atoms with Crippen molar-refractivity contribution in [2.45, 2.75) is 12.6 Å². The summed E-state index contributed by atoms with van der Waals surface area (Å²) in [5, 5.41) is 25.3. The summed E-state index contributed by atoms with van der Waals surface area (Å²) in [6.07, 6.45) is 1.41. The van der Waals surface area contributed by atoms with Crippen molar-refractivity contribution in [2.75, 3.05) is 13.1 Å². The van der Waals surface area contributed by atoms with Gasteiger partial charge in [0, 0.05) is 19.6 Å². The number of phenolic OH excluding ortho intramolecular Hbond substituents is 1. The number of aromatic hydroxyl groups is 1. The van der Waals surface area contributed by atoms with E-state index in [9.17, 15) is 9.18 Å². The summed E-state index contributed by atoms with van der Waals surface area (Å²) in [4.78, 5) is 12.8. The molecule has 2 N–H and O–H groups in total. The number of nitrogens with zero attached hydrogens (tertiary/aromatic N) is 4. The standard InChI is InChI=1S/C13H13FN4O3/c14-10-3-8(1-2-12(10)19)4-17-5-9(6-17)18-7-11(13(20)21)15-16-18/h1-3,7,9,19H,4-6H2,(H,20,21). The van der Waals surface area contributed by atoms with Crippen molar-refractivity contribution in [2.24, 2.45) is 0 Å². The van der Waals surface area contributed by atoms with E-state index >= 15 is 0 Å².